The number of unbranched alkanes of at least 4 members (excludes halogenated alkanes) is 13. The van der Waals surface area contributed by atoms with Crippen LogP contribution in [0.25, 0.3) is 0 Å². The summed E-state index contributed by atoms with van der Waals surface area (Å²) in [4.78, 5) is 23.6. The van der Waals surface area contributed by atoms with E-state index in [1.54, 1.807) is 18.2 Å². The van der Waals surface area contributed by atoms with E-state index in [1.807, 2.05) is 0 Å². The second-order valence-electron chi connectivity index (χ2n) is 8.35. The minimum Gasteiger partial charge on any atom is -0.493 e. The molecule has 1 aromatic rings. The number of aliphatic hydroxyl groups excluding tert-OH is 2. The minimum absolute atomic E-state index is 0.122. The fraction of sp³-hybridized carbons (Fsp3) is 0.692. The molecule has 0 saturated carbocycles. The Morgan fingerprint density at radius 2 is 1.31 bits per heavy atom. The molecule has 6 nitrogen and oxygen atoms in total. The number of benzene rings is 1. The number of aliphatic hydroxyl groups is 2. The molecule has 0 spiro atoms. The van der Waals surface area contributed by atoms with Crippen LogP contribution in [0.5, 0.6) is 5.75 Å². The van der Waals surface area contributed by atoms with Gasteiger partial charge in [0.15, 0.2) is 6.10 Å². The molecule has 6 heteroatoms. The average Bonchev–Trinajstić information content (AvgIpc) is 2.81. The molecule has 1 aromatic carbocycles. The minimum atomic E-state index is -1.73. The number of para-hydroxylation sites is 1. The lowest BCUT2D eigenvalue weighted by Crippen LogP contribution is -2.28. The summed E-state index contributed by atoms with van der Waals surface area (Å²) in [5.74, 6) is -1.74. The Balaban J connectivity index is 2.10. The molecule has 32 heavy (non-hydrogen) atoms. The van der Waals surface area contributed by atoms with E-state index >= 15 is 0 Å². The van der Waals surface area contributed by atoms with Gasteiger partial charge in [0, 0.05) is 0 Å². The van der Waals surface area contributed by atoms with Crippen molar-refractivity contribution in [1.82, 2.24) is 0 Å². The van der Waals surface area contributed by atoms with Crippen LogP contribution in [-0.2, 0) is 9.53 Å². The molecular weight excluding hydrogens is 408 g/mol. The van der Waals surface area contributed by atoms with Crippen LogP contribution >= 0.6 is 0 Å². The van der Waals surface area contributed by atoms with Crippen LogP contribution in [-0.4, -0.2) is 41.5 Å². The van der Waals surface area contributed by atoms with Crippen molar-refractivity contribution in [3.63, 3.8) is 0 Å². The summed E-state index contributed by atoms with van der Waals surface area (Å²) in [5.41, 5.74) is 0.122. The van der Waals surface area contributed by atoms with E-state index in [0.29, 0.717) is 12.4 Å². The lowest BCUT2D eigenvalue weighted by Gasteiger charge is -2.11. The number of hydrogen-bond acceptors (Lipinski definition) is 6. The molecule has 1 rings (SSSR count). The second-order valence-corrected chi connectivity index (χ2v) is 8.35. The molecule has 0 aliphatic carbocycles. The summed E-state index contributed by atoms with van der Waals surface area (Å²) in [6, 6.07) is 6.53. The third-order valence-corrected chi connectivity index (χ3v) is 5.50. The molecule has 182 valence electrons. The molecule has 0 saturated heterocycles. The van der Waals surface area contributed by atoms with Crippen molar-refractivity contribution in [2.24, 2.45) is 0 Å². The fourth-order valence-electron chi connectivity index (χ4n) is 3.53. The molecule has 0 aromatic heterocycles. The van der Waals surface area contributed by atoms with E-state index in [0.717, 1.165) is 12.8 Å². The van der Waals surface area contributed by atoms with Crippen LogP contribution < -0.4 is 4.74 Å². The summed E-state index contributed by atoms with van der Waals surface area (Å²) in [6.45, 7) is 1.93. The van der Waals surface area contributed by atoms with Crippen molar-refractivity contribution in [2.75, 3.05) is 13.2 Å². The van der Waals surface area contributed by atoms with Crippen LogP contribution in [0.2, 0.25) is 0 Å². The highest BCUT2D eigenvalue weighted by Gasteiger charge is 2.22. The van der Waals surface area contributed by atoms with Crippen molar-refractivity contribution in [3.8, 4) is 5.75 Å². The molecule has 0 radical (unpaired) electrons. The second kappa shape index (κ2) is 18.6. The van der Waals surface area contributed by atoms with Gasteiger partial charge in [-0.3, -0.25) is 0 Å². The van der Waals surface area contributed by atoms with Crippen LogP contribution in [0, 0.1) is 0 Å². The third-order valence-electron chi connectivity index (χ3n) is 5.50. The monoisotopic (exact) mass is 450 g/mol. The summed E-state index contributed by atoms with van der Waals surface area (Å²) in [7, 11) is 0. The Bertz CT molecular complexity index is 630. The molecule has 0 aliphatic heterocycles. The number of rotatable bonds is 19. The summed E-state index contributed by atoms with van der Waals surface area (Å²) >= 11 is 0. The van der Waals surface area contributed by atoms with Crippen LogP contribution in [0.1, 0.15) is 107 Å². The van der Waals surface area contributed by atoms with Crippen molar-refractivity contribution >= 4 is 11.9 Å². The highest BCUT2D eigenvalue weighted by molar-refractivity contribution is 5.99. The van der Waals surface area contributed by atoms with Crippen LogP contribution in [0.15, 0.2) is 24.3 Å². The van der Waals surface area contributed by atoms with E-state index in [9.17, 15) is 14.7 Å². The SMILES string of the molecule is CCCCCCCCCCCCCCCCOc1ccccc1C(=O)OC(=O)C(O)CO. The lowest BCUT2D eigenvalue weighted by molar-refractivity contribution is -0.149. The number of ether oxygens (including phenoxy) is 2. The largest absolute Gasteiger partial charge is 0.493 e. The van der Waals surface area contributed by atoms with Gasteiger partial charge in [-0.25, -0.2) is 9.59 Å². The van der Waals surface area contributed by atoms with Gasteiger partial charge >= 0.3 is 11.9 Å². The maximum Gasteiger partial charge on any atom is 0.349 e. The number of esters is 2. The third kappa shape index (κ3) is 12.8. The molecule has 1 atom stereocenters. The van der Waals surface area contributed by atoms with Crippen molar-refractivity contribution in [3.05, 3.63) is 29.8 Å². The van der Waals surface area contributed by atoms with Gasteiger partial charge in [-0.15, -0.1) is 0 Å². The Morgan fingerprint density at radius 1 is 0.812 bits per heavy atom. The first-order valence-corrected chi connectivity index (χ1v) is 12.4. The highest BCUT2D eigenvalue weighted by Crippen LogP contribution is 2.20. The van der Waals surface area contributed by atoms with E-state index in [-0.39, 0.29) is 5.56 Å². The summed E-state index contributed by atoms with van der Waals surface area (Å²) in [5, 5.41) is 18.0. The lowest BCUT2D eigenvalue weighted by atomic mass is 10.0. The standard InChI is InChI=1S/C26H42O6/c1-2-3-4-5-6-7-8-9-10-11-12-13-14-17-20-31-24-19-16-15-18-22(24)25(29)32-26(30)23(28)21-27/h15-16,18-19,23,27-28H,2-14,17,20-21H2,1H3. The van der Waals surface area contributed by atoms with E-state index in [2.05, 4.69) is 11.7 Å². The zero-order chi connectivity index (χ0) is 23.4. The van der Waals surface area contributed by atoms with Crippen molar-refractivity contribution < 1.29 is 29.3 Å². The Labute approximate surface area is 193 Å². The fourth-order valence-corrected chi connectivity index (χ4v) is 3.53. The zero-order valence-electron chi connectivity index (χ0n) is 19.7. The van der Waals surface area contributed by atoms with Crippen molar-refractivity contribution in [2.45, 2.75) is 103 Å². The van der Waals surface area contributed by atoms with E-state index in [1.165, 1.54) is 83.1 Å². The molecule has 0 amide bonds. The van der Waals surface area contributed by atoms with Gasteiger partial charge in [0.05, 0.1) is 13.2 Å². The van der Waals surface area contributed by atoms with E-state index < -0.39 is 24.6 Å². The van der Waals surface area contributed by atoms with Gasteiger partial charge in [0.1, 0.15) is 11.3 Å². The first kappa shape index (κ1) is 28.1. The molecule has 1 unspecified atom stereocenters. The summed E-state index contributed by atoms with van der Waals surface area (Å²) < 4.78 is 10.3. The normalized spacial score (nSPS) is 11.8. The van der Waals surface area contributed by atoms with Gasteiger partial charge in [-0.1, -0.05) is 103 Å². The maximum atomic E-state index is 12.1. The topological polar surface area (TPSA) is 93.1 Å². The highest BCUT2D eigenvalue weighted by atomic mass is 16.6. The zero-order valence-corrected chi connectivity index (χ0v) is 19.7. The summed E-state index contributed by atoms with van der Waals surface area (Å²) in [6.07, 6.45) is 16.2. The van der Waals surface area contributed by atoms with Crippen molar-refractivity contribution in [1.29, 1.82) is 0 Å². The molecule has 0 heterocycles. The number of carbonyl (C=O) groups is 2. The predicted octanol–water partition coefficient (Wildman–Crippen LogP) is 5.58. The molecule has 0 aliphatic rings. The molecule has 2 N–H and O–H groups in total. The van der Waals surface area contributed by atoms with Crippen LogP contribution in [0.4, 0.5) is 0 Å². The number of carbonyl (C=O) groups excluding carboxylic acids is 2. The molecule has 0 fully saturated rings. The van der Waals surface area contributed by atoms with Gasteiger partial charge < -0.3 is 19.7 Å². The Morgan fingerprint density at radius 3 is 1.84 bits per heavy atom. The van der Waals surface area contributed by atoms with E-state index in [4.69, 9.17) is 9.84 Å². The maximum absolute atomic E-state index is 12.1. The van der Waals surface area contributed by atoms with Gasteiger partial charge in [0.25, 0.3) is 0 Å². The Kier molecular flexibility index (Phi) is 16.4. The number of hydrogen-bond donors (Lipinski definition) is 2. The quantitative estimate of drug-likeness (QED) is 0.162. The first-order chi connectivity index (χ1) is 15.6. The average molecular weight is 451 g/mol. The van der Waals surface area contributed by atoms with Gasteiger partial charge in [0.2, 0.25) is 0 Å². The van der Waals surface area contributed by atoms with Gasteiger partial charge in [-0.05, 0) is 18.6 Å². The smallest absolute Gasteiger partial charge is 0.349 e. The first-order valence-electron chi connectivity index (χ1n) is 12.4. The molecule has 0 bridgehead atoms. The predicted molar refractivity (Wildman–Crippen MR) is 126 cm³/mol. The van der Waals surface area contributed by atoms with Crippen LogP contribution in [0.3, 0.4) is 0 Å². The molecular formula is C26H42O6. The van der Waals surface area contributed by atoms with Gasteiger partial charge in [-0.2, -0.15) is 0 Å². The Hall–Kier alpha value is -1.92.